The molecule has 2 heterocycles. The molecule has 2 amide bonds. The van der Waals surface area contributed by atoms with Gasteiger partial charge in [0, 0.05) is 26.1 Å². The number of hydrogen-bond acceptors (Lipinski definition) is 5. The maximum Gasteiger partial charge on any atom is 0.318 e. The zero-order valence-electron chi connectivity index (χ0n) is 14.1. The third-order valence-electron chi connectivity index (χ3n) is 6.71. The molecule has 7 nitrogen and oxygen atoms in total. The number of urea groups is 1. The van der Waals surface area contributed by atoms with Crippen molar-refractivity contribution in [2.24, 2.45) is 23.7 Å². The van der Waals surface area contributed by atoms with Crippen molar-refractivity contribution in [2.75, 3.05) is 13.7 Å². The molecule has 1 aliphatic heterocycles. The van der Waals surface area contributed by atoms with Gasteiger partial charge in [0.15, 0.2) is 5.82 Å². The number of likely N-dealkylation sites (tertiary alicyclic amines) is 1. The third-order valence-corrected chi connectivity index (χ3v) is 6.71. The molecule has 5 rings (SSSR count). The van der Waals surface area contributed by atoms with E-state index in [-0.39, 0.29) is 18.2 Å². The van der Waals surface area contributed by atoms with Gasteiger partial charge in [-0.15, -0.1) is 0 Å². The van der Waals surface area contributed by atoms with Crippen LogP contribution in [0.5, 0.6) is 0 Å². The fourth-order valence-corrected chi connectivity index (χ4v) is 5.62. The van der Waals surface area contributed by atoms with Gasteiger partial charge in [-0.1, -0.05) is 5.16 Å². The number of nitrogens with one attached hydrogen (secondary N) is 1. The van der Waals surface area contributed by atoms with E-state index in [1.807, 2.05) is 4.90 Å². The number of fused-ring (bicyclic) bond motifs is 5. The molecule has 0 radical (unpaired) electrons. The average molecular weight is 332 g/mol. The summed E-state index contributed by atoms with van der Waals surface area (Å²) < 4.78 is 10.8. The number of rotatable bonds is 3. The van der Waals surface area contributed by atoms with Crippen LogP contribution in [0.3, 0.4) is 0 Å². The second kappa shape index (κ2) is 5.18. The Morgan fingerprint density at radius 1 is 1.29 bits per heavy atom. The highest BCUT2D eigenvalue weighted by atomic mass is 16.5. The van der Waals surface area contributed by atoms with E-state index in [0.29, 0.717) is 30.7 Å². The molecular formula is C17H24N4O3. The Morgan fingerprint density at radius 2 is 2.04 bits per heavy atom. The number of methoxy groups -OCH3 is 1. The summed E-state index contributed by atoms with van der Waals surface area (Å²) in [5.41, 5.74) is 0. The molecule has 4 fully saturated rings. The van der Waals surface area contributed by atoms with Gasteiger partial charge in [-0.25, -0.2) is 4.79 Å². The third kappa shape index (κ3) is 2.10. The molecule has 24 heavy (non-hydrogen) atoms. The molecule has 1 aromatic rings. The number of ether oxygens (including phenoxy) is 1. The first-order valence-electron chi connectivity index (χ1n) is 9.06. The van der Waals surface area contributed by atoms with Gasteiger partial charge >= 0.3 is 6.03 Å². The van der Waals surface area contributed by atoms with Crippen molar-refractivity contribution >= 4 is 6.03 Å². The van der Waals surface area contributed by atoms with Crippen molar-refractivity contribution in [1.29, 1.82) is 0 Å². The van der Waals surface area contributed by atoms with Gasteiger partial charge in [-0.3, -0.25) is 0 Å². The van der Waals surface area contributed by atoms with E-state index in [1.54, 1.807) is 14.0 Å². The van der Waals surface area contributed by atoms with Gasteiger partial charge in [0.25, 0.3) is 0 Å². The van der Waals surface area contributed by atoms with Crippen molar-refractivity contribution in [3.8, 4) is 0 Å². The lowest BCUT2D eigenvalue weighted by molar-refractivity contribution is 0.110. The maximum absolute atomic E-state index is 12.9. The van der Waals surface area contributed by atoms with E-state index in [1.165, 1.54) is 19.3 Å². The molecular weight excluding hydrogens is 308 g/mol. The molecule has 0 aromatic carbocycles. The maximum atomic E-state index is 12.9. The van der Waals surface area contributed by atoms with Crippen molar-refractivity contribution in [1.82, 2.24) is 20.4 Å². The number of carbonyl (C=O) groups excluding carboxylic acids is 1. The van der Waals surface area contributed by atoms with E-state index in [2.05, 4.69) is 15.5 Å². The number of hydrogen-bond donors (Lipinski definition) is 1. The average Bonchev–Trinajstić information content (AvgIpc) is 3.10. The van der Waals surface area contributed by atoms with Gasteiger partial charge in [0.1, 0.15) is 6.04 Å². The summed E-state index contributed by atoms with van der Waals surface area (Å²) >= 11 is 0. The standard InChI is InChI=1S/C17H24N4O3/c1-8-18-16(24-20-8)12-6-11(23-2)7-21(12)17(22)19-15-13-9-3-4-10(5-9)14(13)15/h9-15H,3-7H2,1-2H3,(H,19,22)/t9-,10-,11-,12+,13-,14+,15?/m0/s1. The van der Waals surface area contributed by atoms with Crippen molar-refractivity contribution in [3.05, 3.63) is 11.7 Å². The van der Waals surface area contributed by atoms with Gasteiger partial charge in [0.2, 0.25) is 5.89 Å². The minimum atomic E-state index is -0.188. The van der Waals surface area contributed by atoms with Crippen LogP contribution in [0.2, 0.25) is 0 Å². The van der Waals surface area contributed by atoms with Crippen molar-refractivity contribution in [2.45, 2.75) is 50.8 Å². The van der Waals surface area contributed by atoms with E-state index < -0.39 is 0 Å². The predicted molar refractivity (Wildman–Crippen MR) is 84.0 cm³/mol. The zero-order chi connectivity index (χ0) is 16.4. The second-order valence-electron chi connectivity index (χ2n) is 7.90. The lowest BCUT2D eigenvalue weighted by atomic mass is 10.0. The first kappa shape index (κ1) is 14.7. The monoisotopic (exact) mass is 332 g/mol. The van der Waals surface area contributed by atoms with E-state index >= 15 is 0 Å². The Hall–Kier alpha value is -1.63. The van der Waals surface area contributed by atoms with Crippen LogP contribution < -0.4 is 5.32 Å². The molecule has 0 spiro atoms. The number of carbonyl (C=O) groups is 1. The highest BCUT2D eigenvalue weighted by Crippen LogP contribution is 2.65. The Kier molecular flexibility index (Phi) is 3.17. The van der Waals surface area contributed by atoms with Crippen molar-refractivity contribution in [3.63, 3.8) is 0 Å². The molecule has 1 saturated heterocycles. The van der Waals surface area contributed by atoms with Gasteiger partial charge in [-0.2, -0.15) is 4.98 Å². The molecule has 3 saturated carbocycles. The minimum absolute atomic E-state index is 0.00537. The lowest BCUT2D eigenvalue weighted by Gasteiger charge is -2.23. The zero-order valence-corrected chi connectivity index (χ0v) is 14.1. The van der Waals surface area contributed by atoms with Crippen LogP contribution in [-0.2, 0) is 4.74 Å². The normalized spacial score (nSPS) is 42.4. The Morgan fingerprint density at radius 3 is 2.67 bits per heavy atom. The SMILES string of the molecule is CO[C@H]1C[C@H](c2nc(C)no2)N(C(=O)NC2[C@@H]3[C@H]4CC[C@@H](C4)[C@H]23)C1. The summed E-state index contributed by atoms with van der Waals surface area (Å²) in [6.45, 7) is 2.37. The molecule has 3 aliphatic carbocycles. The Balaban J connectivity index is 1.30. The summed E-state index contributed by atoms with van der Waals surface area (Å²) in [4.78, 5) is 19.0. The second-order valence-corrected chi connectivity index (χ2v) is 7.90. The van der Waals surface area contributed by atoms with Crippen molar-refractivity contribution < 1.29 is 14.1 Å². The molecule has 1 aromatic heterocycles. The molecule has 7 heteroatoms. The first-order valence-corrected chi connectivity index (χ1v) is 9.06. The van der Waals surface area contributed by atoms with Crippen LogP contribution in [0.4, 0.5) is 4.79 Å². The highest BCUT2D eigenvalue weighted by Gasteiger charge is 2.65. The number of nitrogens with zero attached hydrogens (tertiary/aromatic N) is 3. The summed E-state index contributed by atoms with van der Waals surface area (Å²) in [5.74, 6) is 4.28. The fourth-order valence-electron chi connectivity index (χ4n) is 5.62. The smallest absolute Gasteiger partial charge is 0.318 e. The fraction of sp³-hybridized carbons (Fsp3) is 0.824. The van der Waals surface area contributed by atoms with E-state index in [0.717, 1.165) is 23.7 Å². The number of amides is 2. The van der Waals surface area contributed by atoms with E-state index in [9.17, 15) is 4.79 Å². The number of aryl methyl sites for hydroxylation is 1. The summed E-state index contributed by atoms with van der Waals surface area (Å²) in [5, 5.41) is 7.16. The Bertz CT molecular complexity index is 646. The highest BCUT2D eigenvalue weighted by molar-refractivity contribution is 5.76. The van der Waals surface area contributed by atoms with Gasteiger partial charge in [0.05, 0.1) is 6.10 Å². The van der Waals surface area contributed by atoms with Crippen LogP contribution >= 0.6 is 0 Å². The van der Waals surface area contributed by atoms with Crippen LogP contribution in [0.25, 0.3) is 0 Å². The van der Waals surface area contributed by atoms with Crippen LogP contribution in [0.1, 0.15) is 43.4 Å². The van der Waals surface area contributed by atoms with Gasteiger partial charge in [-0.05, 0) is 49.9 Å². The Labute approximate surface area is 141 Å². The molecule has 7 atom stereocenters. The quantitative estimate of drug-likeness (QED) is 0.914. The van der Waals surface area contributed by atoms with Crippen LogP contribution in [-0.4, -0.2) is 46.9 Å². The summed E-state index contributed by atoms with van der Waals surface area (Å²) in [7, 11) is 1.69. The van der Waals surface area contributed by atoms with E-state index in [4.69, 9.17) is 9.26 Å². The van der Waals surface area contributed by atoms with Gasteiger partial charge < -0.3 is 19.5 Å². The summed E-state index contributed by atoms with van der Waals surface area (Å²) in [6, 6.07) is 0.191. The first-order chi connectivity index (χ1) is 11.7. The molecule has 2 bridgehead atoms. The lowest BCUT2D eigenvalue weighted by Crippen LogP contribution is -2.42. The minimum Gasteiger partial charge on any atom is -0.380 e. The predicted octanol–water partition coefficient (Wildman–Crippen LogP) is 1.89. The number of aromatic nitrogens is 2. The molecule has 1 N–H and O–H groups in total. The topological polar surface area (TPSA) is 80.5 Å². The summed E-state index contributed by atoms with van der Waals surface area (Å²) in [6.07, 6.45) is 4.83. The molecule has 4 aliphatic rings. The van der Waals surface area contributed by atoms with Crippen LogP contribution in [0, 0.1) is 30.6 Å². The largest absolute Gasteiger partial charge is 0.380 e. The van der Waals surface area contributed by atoms with Crippen LogP contribution in [0.15, 0.2) is 4.52 Å². The molecule has 130 valence electrons. The molecule has 1 unspecified atom stereocenters.